The standard InChI is InChI=1S/C26H31BrN6O2/c1-6-21-29-24(32-31-21)18-9-7-8-17(12-18)13-22(34)33-16(3)26(4,5)14-19(33)25(35)30-23-15(2)10-11-20(27)28-23/h7-12,16,19H,6,13-14H2,1-5H3,(H,28,30,35)(H,29,31,32)/t16-,19+/m1/s1. The van der Waals surface area contributed by atoms with E-state index in [-0.39, 0.29) is 29.7 Å². The molecule has 1 aliphatic rings. The second kappa shape index (κ2) is 9.89. The number of aromatic nitrogens is 4. The summed E-state index contributed by atoms with van der Waals surface area (Å²) in [6, 6.07) is 10.8. The number of aromatic amines is 1. The second-order valence-electron chi connectivity index (χ2n) is 9.81. The van der Waals surface area contributed by atoms with Gasteiger partial charge in [0.1, 0.15) is 22.3 Å². The number of nitrogens with zero attached hydrogens (tertiary/aromatic N) is 4. The number of rotatable bonds is 6. The highest BCUT2D eigenvalue weighted by Crippen LogP contribution is 2.41. The van der Waals surface area contributed by atoms with Crippen LogP contribution < -0.4 is 5.32 Å². The van der Waals surface area contributed by atoms with Gasteiger partial charge in [-0.25, -0.2) is 9.97 Å². The Morgan fingerprint density at radius 2 is 2.00 bits per heavy atom. The van der Waals surface area contributed by atoms with E-state index >= 15 is 0 Å². The molecule has 0 saturated carbocycles. The molecular formula is C26H31BrN6O2. The lowest BCUT2D eigenvalue weighted by Crippen LogP contribution is -2.47. The number of carbonyl (C=O) groups is 2. The number of halogens is 1. The van der Waals surface area contributed by atoms with E-state index in [0.29, 0.717) is 22.7 Å². The lowest BCUT2D eigenvalue weighted by molar-refractivity contribution is -0.138. The lowest BCUT2D eigenvalue weighted by atomic mass is 9.84. The van der Waals surface area contributed by atoms with Gasteiger partial charge in [0.2, 0.25) is 11.8 Å². The van der Waals surface area contributed by atoms with Gasteiger partial charge in [-0.05, 0) is 64.9 Å². The molecule has 1 saturated heterocycles. The number of hydrogen-bond donors (Lipinski definition) is 2. The van der Waals surface area contributed by atoms with Crippen LogP contribution in [0.4, 0.5) is 5.82 Å². The molecule has 0 aliphatic carbocycles. The first-order chi connectivity index (χ1) is 16.6. The maximum absolute atomic E-state index is 13.6. The van der Waals surface area contributed by atoms with Crippen LogP contribution in [0.2, 0.25) is 0 Å². The largest absolute Gasteiger partial charge is 0.327 e. The predicted octanol–water partition coefficient (Wildman–Crippen LogP) is 4.70. The van der Waals surface area contributed by atoms with Gasteiger partial charge in [-0.2, -0.15) is 5.10 Å². The fourth-order valence-corrected chi connectivity index (χ4v) is 4.83. The van der Waals surface area contributed by atoms with E-state index in [1.807, 2.05) is 57.2 Å². The van der Waals surface area contributed by atoms with Crippen molar-refractivity contribution in [3.63, 3.8) is 0 Å². The number of carbonyl (C=O) groups excluding carboxylic acids is 2. The molecule has 9 heteroatoms. The van der Waals surface area contributed by atoms with Gasteiger partial charge < -0.3 is 10.2 Å². The summed E-state index contributed by atoms with van der Waals surface area (Å²) < 4.78 is 0.642. The molecule has 0 bridgehead atoms. The Bertz CT molecular complexity index is 1250. The Hall–Kier alpha value is -3.07. The number of nitrogens with one attached hydrogen (secondary N) is 2. The normalized spacial score (nSPS) is 19.1. The Kier molecular flexibility index (Phi) is 7.07. The smallest absolute Gasteiger partial charge is 0.248 e. The second-order valence-corrected chi connectivity index (χ2v) is 10.6. The summed E-state index contributed by atoms with van der Waals surface area (Å²) in [7, 11) is 0. The number of hydrogen-bond acceptors (Lipinski definition) is 5. The third-order valence-corrected chi connectivity index (χ3v) is 7.35. The first-order valence-corrected chi connectivity index (χ1v) is 12.6. The van der Waals surface area contributed by atoms with Gasteiger partial charge in [0.05, 0.1) is 6.42 Å². The van der Waals surface area contributed by atoms with Crippen molar-refractivity contribution in [1.29, 1.82) is 0 Å². The van der Waals surface area contributed by atoms with E-state index in [2.05, 4.69) is 55.3 Å². The molecule has 1 aromatic carbocycles. The van der Waals surface area contributed by atoms with Crippen LogP contribution in [0.15, 0.2) is 41.0 Å². The van der Waals surface area contributed by atoms with Crippen molar-refractivity contribution < 1.29 is 9.59 Å². The Labute approximate surface area is 214 Å². The first kappa shape index (κ1) is 25.0. The monoisotopic (exact) mass is 538 g/mol. The Morgan fingerprint density at radius 1 is 1.23 bits per heavy atom. The molecule has 184 valence electrons. The van der Waals surface area contributed by atoms with Crippen LogP contribution in [0.5, 0.6) is 0 Å². The van der Waals surface area contributed by atoms with Crippen LogP contribution in [0.25, 0.3) is 11.4 Å². The van der Waals surface area contributed by atoms with E-state index in [1.165, 1.54) is 0 Å². The number of anilines is 1. The number of benzene rings is 1. The quantitative estimate of drug-likeness (QED) is 0.442. The van der Waals surface area contributed by atoms with Crippen molar-refractivity contribution in [2.75, 3.05) is 5.32 Å². The van der Waals surface area contributed by atoms with Gasteiger partial charge in [-0.1, -0.05) is 45.0 Å². The van der Waals surface area contributed by atoms with E-state index < -0.39 is 6.04 Å². The third-order valence-electron chi connectivity index (χ3n) is 6.91. The minimum absolute atomic E-state index is 0.0801. The lowest BCUT2D eigenvalue weighted by Gasteiger charge is -2.31. The van der Waals surface area contributed by atoms with E-state index in [4.69, 9.17) is 0 Å². The SMILES string of the molecule is CCc1nc(-c2cccc(CC(=O)N3[C@H](C(=O)Nc4nc(Br)ccc4C)CC(C)(C)[C@H]3C)c2)n[nH]1. The Balaban J connectivity index is 1.55. The minimum atomic E-state index is -0.573. The van der Waals surface area contributed by atoms with Crippen LogP contribution in [0.3, 0.4) is 0 Å². The molecule has 0 unspecified atom stereocenters. The molecule has 1 aliphatic heterocycles. The van der Waals surface area contributed by atoms with Crippen molar-refractivity contribution >= 4 is 33.6 Å². The minimum Gasteiger partial charge on any atom is -0.327 e. The summed E-state index contributed by atoms with van der Waals surface area (Å²) in [5.41, 5.74) is 2.37. The van der Waals surface area contributed by atoms with Crippen LogP contribution in [-0.4, -0.2) is 49.0 Å². The van der Waals surface area contributed by atoms with E-state index in [0.717, 1.165) is 28.9 Å². The molecule has 35 heavy (non-hydrogen) atoms. The predicted molar refractivity (Wildman–Crippen MR) is 139 cm³/mol. The maximum Gasteiger partial charge on any atom is 0.248 e. The highest BCUT2D eigenvalue weighted by molar-refractivity contribution is 9.10. The van der Waals surface area contributed by atoms with Gasteiger partial charge in [0, 0.05) is 18.0 Å². The molecule has 2 N–H and O–H groups in total. The zero-order valence-corrected chi connectivity index (χ0v) is 22.3. The topological polar surface area (TPSA) is 104 Å². The number of aryl methyl sites for hydroxylation is 2. The molecule has 2 amide bonds. The van der Waals surface area contributed by atoms with Crippen molar-refractivity contribution in [2.24, 2.45) is 5.41 Å². The molecule has 4 rings (SSSR count). The number of likely N-dealkylation sites (tertiary alicyclic amines) is 1. The van der Waals surface area contributed by atoms with E-state index in [1.54, 1.807) is 4.90 Å². The average Bonchev–Trinajstić information content (AvgIpc) is 3.39. The van der Waals surface area contributed by atoms with Gasteiger partial charge in [0.25, 0.3) is 0 Å². The summed E-state index contributed by atoms with van der Waals surface area (Å²) >= 11 is 3.36. The fourth-order valence-electron chi connectivity index (χ4n) is 4.52. The molecule has 0 radical (unpaired) electrons. The summed E-state index contributed by atoms with van der Waals surface area (Å²) in [5.74, 6) is 1.63. The molecule has 3 aromatic rings. The summed E-state index contributed by atoms with van der Waals surface area (Å²) in [6.45, 7) is 10.1. The fraction of sp³-hybridized carbons (Fsp3) is 0.423. The molecule has 0 spiro atoms. The van der Waals surface area contributed by atoms with Gasteiger partial charge in [0.15, 0.2) is 5.82 Å². The van der Waals surface area contributed by atoms with Crippen LogP contribution in [0.1, 0.15) is 51.1 Å². The number of H-pyrrole nitrogens is 1. The third kappa shape index (κ3) is 5.29. The Morgan fingerprint density at radius 3 is 2.71 bits per heavy atom. The van der Waals surface area contributed by atoms with E-state index in [9.17, 15) is 9.59 Å². The molecular weight excluding hydrogens is 508 g/mol. The van der Waals surface area contributed by atoms with Crippen LogP contribution >= 0.6 is 15.9 Å². The molecule has 2 aromatic heterocycles. The van der Waals surface area contributed by atoms with Crippen LogP contribution in [-0.2, 0) is 22.4 Å². The molecule has 8 nitrogen and oxygen atoms in total. The van der Waals surface area contributed by atoms with Crippen LogP contribution in [0, 0.1) is 12.3 Å². The number of pyridine rings is 1. The summed E-state index contributed by atoms with van der Waals surface area (Å²) in [4.78, 5) is 37.6. The zero-order chi connectivity index (χ0) is 25.3. The highest BCUT2D eigenvalue weighted by atomic mass is 79.9. The average molecular weight is 539 g/mol. The van der Waals surface area contributed by atoms with Crippen molar-refractivity contribution in [3.05, 3.63) is 58.0 Å². The molecule has 3 heterocycles. The molecule has 2 atom stereocenters. The maximum atomic E-state index is 13.6. The van der Waals surface area contributed by atoms with Gasteiger partial charge >= 0.3 is 0 Å². The van der Waals surface area contributed by atoms with Crippen molar-refractivity contribution in [1.82, 2.24) is 25.1 Å². The van der Waals surface area contributed by atoms with Crippen molar-refractivity contribution in [2.45, 2.75) is 66.0 Å². The van der Waals surface area contributed by atoms with Gasteiger partial charge in [-0.15, -0.1) is 0 Å². The summed E-state index contributed by atoms with van der Waals surface area (Å²) in [5, 5.41) is 10.2. The molecule has 1 fully saturated rings. The zero-order valence-electron chi connectivity index (χ0n) is 20.7. The van der Waals surface area contributed by atoms with Crippen molar-refractivity contribution in [3.8, 4) is 11.4 Å². The first-order valence-electron chi connectivity index (χ1n) is 11.8. The number of amides is 2. The summed E-state index contributed by atoms with van der Waals surface area (Å²) in [6.07, 6.45) is 1.54. The highest BCUT2D eigenvalue weighted by Gasteiger charge is 2.49. The van der Waals surface area contributed by atoms with Gasteiger partial charge in [-0.3, -0.25) is 14.7 Å².